The SMILES string of the molecule is CCNC(=NCc1ccc(Cn2cnc3ccccc32)cc1)NCC1(CCOC)CCC1.I. The first kappa shape index (κ1) is 25.5. The van der Waals surface area contributed by atoms with Crippen molar-refractivity contribution in [1.29, 1.82) is 0 Å². The monoisotopic (exact) mass is 561 g/mol. The van der Waals surface area contributed by atoms with Gasteiger partial charge >= 0.3 is 0 Å². The smallest absolute Gasteiger partial charge is 0.191 e. The molecular weight excluding hydrogens is 525 g/mol. The van der Waals surface area contributed by atoms with Gasteiger partial charge in [0.2, 0.25) is 0 Å². The molecule has 1 heterocycles. The molecule has 0 radical (unpaired) electrons. The van der Waals surface area contributed by atoms with Crippen LogP contribution >= 0.6 is 24.0 Å². The molecule has 6 nitrogen and oxygen atoms in total. The second kappa shape index (κ2) is 12.4. The normalized spacial score (nSPS) is 15.0. The average molecular weight is 562 g/mol. The van der Waals surface area contributed by atoms with Crippen LogP contribution in [-0.4, -0.2) is 42.3 Å². The van der Waals surface area contributed by atoms with Crippen molar-refractivity contribution >= 4 is 41.0 Å². The Morgan fingerprint density at radius 1 is 1.09 bits per heavy atom. The first-order valence-electron chi connectivity index (χ1n) is 11.7. The second-order valence-electron chi connectivity index (χ2n) is 8.82. The number of benzene rings is 2. The molecule has 0 bridgehead atoms. The number of para-hydroxylation sites is 2. The number of rotatable bonds is 10. The first-order chi connectivity index (χ1) is 15.7. The fourth-order valence-electron chi connectivity index (χ4n) is 4.38. The maximum atomic E-state index is 5.32. The molecule has 1 fully saturated rings. The molecule has 4 rings (SSSR count). The molecule has 1 aromatic heterocycles. The summed E-state index contributed by atoms with van der Waals surface area (Å²) in [5, 5.41) is 6.96. The molecule has 0 saturated heterocycles. The molecule has 33 heavy (non-hydrogen) atoms. The second-order valence-corrected chi connectivity index (χ2v) is 8.82. The van der Waals surface area contributed by atoms with Gasteiger partial charge in [-0.3, -0.25) is 0 Å². The van der Waals surface area contributed by atoms with E-state index in [0.29, 0.717) is 12.0 Å². The van der Waals surface area contributed by atoms with Gasteiger partial charge in [-0.05, 0) is 54.9 Å². The molecule has 1 aliphatic carbocycles. The number of halogens is 1. The summed E-state index contributed by atoms with van der Waals surface area (Å²) in [5.41, 5.74) is 5.03. The third-order valence-electron chi connectivity index (χ3n) is 6.55. The van der Waals surface area contributed by atoms with Gasteiger partial charge in [0, 0.05) is 33.4 Å². The number of guanidine groups is 1. The van der Waals surface area contributed by atoms with Crippen molar-refractivity contribution in [3.05, 3.63) is 66.0 Å². The van der Waals surface area contributed by atoms with Gasteiger partial charge in [0.15, 0.2) is 5.96 Å². The maximum absolute atomic E-state index is 5.32. The van der Waals surface area contributed by atoms with Crippen molar-refractivity contribution in [3.63, 3.8) is 0 Å². The van der Waals surface area contributed by atoms with E-state index in [0.717, 1.165) is 49.7 Å². The fourth-order valence-corrected chi connectivity index (χ4v) is 4.38. The summed E-state index contributed by atoms with van der Waals surface area (Å²) >= 11 is 0. The Hall–Kier alpha value is -2.13. The minimum atomic E-state index is 0. The number of nitrogens with one attached hydrogen (secondary N) is 2. The van der Waals surface area contributed by atoms with E-state index < -0.39 is 0 Å². The van der Waals surface area contributed by atoms with Crippen LogP contribution in [-0.2, 0) is 17.8 Å². The van der Waals surface area contributed by atoms with Crippen molar-refractivity contribution in [3.8, 4) is 0 Å². The average Bonchev–Trinajstić information content (AvgIpc) is 3.20. The summed E-state index contributed by atoms with van der Waals surface area (Å²) in [6, 6.07) is 17.0. The number of hydrogen-bond acceptors (Lipinski definition) is 3. The van der Waals surface area contributed by atoms with Crippen molar-refractivity contribution in [1.82, 2.24) is 20.2 Å². The molecule has 1 saturated carbocycles. The molecule has 3 aromatic rings. The molecule has 0 amide bonds. The van der Waals surface area contributed by atoms with E-state index in [9.17, 15) is 0 Å². The lowest BCUT2D eigenvalue weighted by atomic mass is 9.67. The third-order valence-corrected chi connectivity index (χ3v) is 6.55. The topological polar surface area (TPSA) is 63.5 Å². The van der Waals surface area contributed by atoms with E-state index in [-0.39, 0.29) is 24.0 Å². The zero-order valence-electron chi connectivity index (χ0n) is 19.7. The Kier molecular flexibility index (Phi) is 9.55. The summed E-state index contributed by atoms with van der Waals surface area (Å²) in [6.07, 6.45) is 6.90. The summed E-state index contributed by atoms with van der Waals surface area (Å²) in [4.78, 5) is 9.30. The van der Waals surface area contributed by atoms with Crippen molar-refractivity contribution in [2.75, 3.05) is 26.8 Å². The number of nitrogens with zero attached hydrogens (tertiary/aromatic N) is 3. The number of hydrogen-bond donors (Lipinski definition) is 2. The highest BCUT2D eigenvalue weighted by molar-refractivity contribution is 14.0. The van der Waals surface area contributed by atoms with E-state index in [1.807, 2.05) is 18.5 Å². The van der Waals surface area contributed by atoms with Gasteiger partial charge in [0.05, 0.1) is 23.9 Å². The van der Waals surface area contributed by atoms with E-state index in [4.69, 9.17) is 9.73 Å². The number of aliphatic imine (C=N–C) groups is 1. The molecule has 7 heteroatoms. The van der Waals surface area contributed by atoms with Crippen LogP contribution in [0.3, 0.4) is 0 Å². The molecule has 178 valence electrons. The molecule has 0 atom stereocenters. The summed E-state index contributed by atoms with van der Waals surface area (Å²) in [6.45, 7) is 6.23. The molecule has 2 aromatic carbocycles. The number of imidazole rings is 1. The standard InChI is InChI=1S/C26H35N5O.HI/c1-3-27-25(29-19-26(13-6-14-26)15-16-32-2)28-17-21-9-11-22(12-10-21)18-31-20-30-23-7-4-5-8-24(23)31;/h4-5,7-12,20H,3,6,13-19H2,1-2H3,(H2,27,28,29);1H. The van der Waals surface area contributed by atoms with Gasteiger partial charge < -0.3 is 19.9 Å². The van der Waals surface area contributed by atoms with Gasteiger partial charge in [-0.2, -0.15) is 0 Å². The predicted octanol–water partition coefficient (Wildman–Crippen LogP) is 4.96. The van der Waals surface area contributed by atoms with Crippen LogP contribution in [0.5, 0.6) is 0 Å². The third kappa shape index (κ3) is 6.69. The summed E-state index contributed by atoms with van der Waals surface area (Å²) in [5.74, 6) is 0.894. The lowest BCUT2D eigenvalue weighted by Gasteiger charge is -2.42. The molecule has 1 aliphatic rings. The largest absolute Gasteiger partial charge is 0.385 e. The van der Waals surface area contributed by atoms with E-state index in [1.165, 1.54) is 30.4 Å². The maximum Gasteiger partial charge on any atom is 0.191 e. The fraction of sp³-hybridized carbons (Fsp3) is 0.462. The van der Waals surface area contributed by atoms with Crippen LogP contribution in [0.1, 0.15) is 43.7 Å². The summed E-state index contributed by atoms with van der Waals surface area (Å²) < 4.78 is 7.51. The van der Waals surface area contributed by atoms with Gasteiger partial charge in [-0.1, -0.05) is 42.8 Å². The van der Waals surface area contributed by atoms with Crippen LogP contribution < -0.4 is 10.6 Å². The van der Waals surface area contributed by atoms with Gasteiger partial charge in [0.1, 0.15) is 0 Å². The Morgan fingerprint density at radius 2 is 1.85 bits per heavy atom. The van der Waals surface area contributed by atoms with E-state index in [2.05, 4.69) is 63.5 Å². The summed E-state index contributed by atoms with van der Waals surface area (Å²) in [7, 11) is 1.79. The zero-order chi connectivity index (χ0) is 22.2. The Balaban J connectivity index is 0.00000306. The van der Waals surface area contributed by atoms with Gasteiger partial charge in [-0.15, -0.1) is 24.0 Å². The van der Waals surface area contributed by atoms with Crippen LogP contribution in [0.2, 0.25) is 0 Å². The zero-order valence-corrected chi connectivity index (χ0v) is 22.0. The number of aromatic nitrogens is 2. The highest BCUT2D eigenvalue weighted by Crippen LogP contribution is 2.43. The molecule has 2 N–H and O–H groups in total. The molecule has 0 aliphatic heterocycles. The minimum absolute atomic E-state index is 0. The lowest BCUT2D eigenvalue weighted by Crippen LogP contribution is -2.46. The minimum Gasteiger partial charge on any atom is -0.385 e. The highest BCUT2D eigenvalue weighted by Gasteiger charge is 2.36. The predicted molar refractivity (Wildman–Crippen MR) is 146 cm³/mol. The van der Waals surface area contributed by atoms with Crippen LogP contribution in [0.15, 0.2) is 59.9 Å². The quantitative estimate of drug-likeness (QED) is 0.209. The van der Waals surface area contributed by atoms with Crippen molar-refractivity contribution in [2.24, 2.45) is 10.4 Å². The molecule has 0 unspecified atom stereocenters. The Morgan fingerprint density at radius 3 is 2.55 bits per heavy atom. The molecular formula is C26H36IN5O. The van der Waals surface area contributed by atoms with Crippen LogP contribution in [0.4, 0.5) is 0 Å². The Labute approximate surface area is 214 Å². The van der Waals surface area contributed by atoms with Crippen LogP contribution in [0, 0.1) is 5.41 Å². The van der Waals surface area contributed by atoms with E-state index >= 15 is 0 Å². The van der Waals surface area contributed by atoms with Crippen LogP contribution in [0.25, 0.3) is 11.0 Å². The van der Waals surface area contributed by atoms with Gasteiger partial charge in [-0.25, -0.2) is 9.98 Å². The lowest BCUT2D eigenvalue weighted by molar-refractivity contribution is 0.0732. The molecule has 0 spiro atoms. The van der Waals surface area contributed by atoms with E-state index in [1.54, 1.807) is 7.11 Å². The number of ether oxygens (including phenoxy) is 1. The van der Waals surface area contributed by atoms with Crippen molar-refractivity contribution in [2.45, 2.75) is 45.7 Å². The van der Waals surface area contributed by atoms with Gasteiger partial charge in [0.25, 0.3) is 0 Å². The number of methoxy groups -OCH3 is 1. The Bertz CT molecular complexity index is 1030. The first-order valence-corrected chi connectivity index (χ1v) is 11.7. The van der Waals surface area contributed by atoms with Crippen molar-refractivity contribution < 1.29 is 4.74 Å². The number of fused-ring (bicyclic) bond motifs is 1. The highest BCUT2D eigenvalue weighted by atomic mass is 127.